The first kappa shape index (κ1) is 19.1. The topological polar surface area (TPSA) is 50.8 Å². The molecule has 1 aliphatic carbocycles. The lowest BCUT2D eigenvalue weighted by molar-refractivity contribution is -0.334. The first-order valence-electron chi connectivity index (χ1n) is 10.0. The Kier molecular flexibility index (Phi) is 4.75. The van der Waals surface area contributed by atoms with Gasteiger partial charge in [-0.25, -0.2) is 0 Å². The van der Waals surface area contributed by atoms with Crippen molar-refractivity contribution in [3.8, 4) is 0 Å². The van der Waals surface area contributed by atoms with Crippen LogP contribution in [0.4, 0.5) is 0 Å². The molecule has 25 heavy (non-hydrogen) atoms. The maximum Gasteiger partial charge on any atom is 0.254 e. The van der Waals surface area contributed by atoms with E-state index < -0.39 is 11.3 Å². The van der Waals surface area contributed by atoms with Crippen LogP contribution < -0.4 is 5.32 Å². The second-order valence-electron chi connectivity index (χ2n) is 9.77. The lowest BCUT2D eigenvalue weighted by Crippen LogP contribution is -2.68. The van der Waals surface area contributed by atoms with Crippen LogP contribution in [-0.4, -0.2) is 39.5 Å². The highest BCUT2D eigenvalue weighted by molar-refractivity contribution is 5.87. The van der Waals surface area contributed by atoms with Gasteiger partial charge in [-0.05, 0) is 53.9 Å². The van der Waals surface area contributed by atoms with Crippen molar-refractivity contribution in [3.05, 3.63) is 0 Å². The summed E-state index contributed by atoms with van der Waals surface area (Å²) in [5.41, 5.74) is -1.75. The molecule has 3 fully saturated rings. The Balaban J connectivity index is 1.81. The third-order valence-electron chi connectivity index (χ3n) is 6.26. The fraction of sp³-hybridized carbons (Fsp3) is 0.950. The highest BCUT2D eigenvalue weighted by atomic mass is 16.7. The number of carbonyl (C=O) groups excluding carboxylic acids is 1. The minimum atomic E-state index is -0.724. The lowest BCUT2D eigenvalue weighted by Gasteiger charge is -2.57. The number of rotatable bonds is 3. The number of hydrogen-bond acceptors (Lipinski definition) is 4. The van der Waals surface area contributed by atoms with Crippen LogP contribution in [0.2, 0.25) is 0 Å². The van der Waals surface area contributed by atoms with Crippen molar-refractivity contribution in [3.63, 3.8) is 0 Å². The first-order valence-corrected chi connectivity index (χ1v) is 10.0. The molecule has 0 aromatic carbocycles. The van der Waals surface area contributed by atoms with Crippen molar-refractivity contribution >= 4 is 5.91 Å². The summed E-state index contributed by atoms with van der Waals surface area (Å²) >= 11 is 0. The van der Waals surface area contributed by atoms with Crippen molar-refractivity contribution in [2.24, 2.45) is 0 Å². The summed E-state index contributed by atoms with van der Waals surface area (Å²) in [4.78, 5) is 19.1. The monoisotopic (exact) mass is 352 g/mol. The van der Waals surface area contributed by atoms with Crippen LogP contribution in [-0.2, 0) is 14.4 Å². The number of hydrogen-bond donors (Lipinski definition) is 1. The van der Waals surface area contributed by atoms with Gasteiger partial charge in [-0.3, -0.25) is 9.63 Å². The largest absolute Gasteiger partial charge is 0.340 e. The van der Waals surface area contributed by atoms with E-state index in [-0.39, 0.29) is 17.0 Å². The van der Waals surface area contributed by atoms with Crippen LogP contribution in [0, 0.1) is 0 Å². The molecule has 0 aromatic rings. The van der Waals surface area contributed by atoms with E-state index in [0.29, 0.717) is 12.5 Å². The summed E-state index contributed by atoms with van der Waals surface area (Å²) in [5, 5.41) is 5.41. The third kappa shape index (κ3) is 3.47. The summed E-state index contributed by atoms with van der Waals surface area (Å²) in [5.74, 6) is 0.0169. The predicted molar refractivity (Wildman–Crippen MR) is 97.8 cm³/mol. The van der Waals surface area contributed by atoms with E-state index >= 15 is 0 Å². The molecular formula is C20H36N2O3. The van der Waals surface area contributed by atoms with Gasteiger partial charge in [-0.2, -0.15) is 5.06 Å². The Hall–Kier alpha value is -0.650. The Bertz CT molecular complexity index is 507. The van der Waals surface area contributed by atoms with Crippen LogP contribution in [0.5, 0.6) is 0 Å². The summed E-state index contributed by atoms with van der Waals surface area (Å²) in [6.45, 7) is 12.7. The van der Waals surface area contributed by atoms with E-state index in [2.05, 4.69) is 38.1 Å². The SMILES string of the molecule is CCC1(C)OC2(CC(C)(C)N(OC3CCCCC3)C(C)(C)C2)NC1=O. The van der Waals surface area contributed by atoms with E-state index in [1.807, 2.05) is 13.8 Å². The number of hydroxylamine groups is 2. The molecule has 1 spiro atoms. The van der Waals surface area contributed by atoms with E-state index in [1.54, 1.807) is 0 Å². The van der Waals surface area contributed by atoms with Crippen LogP contribution in [0.15, 0.2) is 0 Å². The molecule has 2 heterocycles. The molecule has 144 valence electrons. The standard InChI is InChI=1S/C20H36N2O3/c1-7-19(6)16(23)21-20(25-19)13-17(2,3)22(18(4,5)14-20)24-15-11-9-8-10-12-15/h15H,7-14H2,1-6H3,(H,21,23). The summed E-state index contributed by atoms with van der Waals surface area (Å²) < 4.78 is 6.41. The molecule has 1 saturated carbocycles. The average Bonchev–Trinajstić information content (AvgIpc) is 2.74. The van der Waals surface area contributed by atoms with E-state index in [1.165, 1.54) is 19.3 Å². The molecule has 2 saturated heterocycles. The zero-order valence-corrected chi connectivity index (χ0v) is 16.9. The van der Waals surface area contributed by atoms with Gasteiger partial charge in [0.25, 0.3) is 5.91 Å². The first-order chi connectivity index (χ1) is 11.5. The van der Waals surface area contributed by atoms with E-state index in [4.69, 9.17) is 9.57 Å². The number of piperidine rings is 1. The Labute approximate surface area is 152 Å². The fourth-order valence-electron chi connectivity index (χ4n) is 5.26. The molecule has 1 amide bonds. The zero-order valence-electron chi connectivity index (χ0n) is 16.9. The molecule has 2 aliphatic heterocycles. The molecule has 3 rings (SSSR count). The van der Waals surface area contributed by atoms with Gasteiger partial charge in [-0.15, -0.1) is 0 Å². The highest BCUT2D eigenvalue weighted by Gasteiger charge is 2.61. The Morgan fingerprint density at radius 3 is 2.12 bits per heavy atom. The van der Waals surface area contributed by atoms with Gasteiger partial charge >= 0.3 is 0 Å². The molecular weight excluding hydrogens is 316 g/mol. The molecule has 5 heteroatoms. The van der Waals surface area contributed by atoms with Gasteiger partial charge in [0.15, 0.2) is 0 Å². The van der Waals surface area contributed by atoms with E-state index in [9.17, 15) is 4.79 Å². The second kappa shape index (κ2) is 6.21. The molecule has 3 aliphatic rings. The van der Waals surface area contributed by atoms with Gasteiger partial charge < -0.3 is 10.1 Å². The molecule has 1 unspecified atom stereocenters. The van der Waals surface area contributed by atoms with Gasteiger partial charge in [0.05, 0.1) is 6.10 Å². The van der Waals surface area contributed by atoms with Crippen molar-refractivity contribution in [1.82, 2.24) is 10.4 Å². The van der Waals surface area contributed by atoms with Crippen molar-refractivity contribution in [2.75, 3.05) is 0 Å². The van der Waals surface area contributed by atoms with Crippen LogP contribution in [0.25, 0.3) is 0 Å². The maximum atomic E-state index is 12.5. The number of carbonyl (C=O) groups is 1. The minimum Gasteiger partial charge on any atom is -0.340 e. The van der Waals surface area contributed by atoms with Crippen LogP contribution in [0.3, 0.4) is 0 Å². The lowest BCUT2D eigenvalue weighted by atomic mass is 9.76. The van der Waals surface area contributed by atoms with Crippen LogP contribution >= 0.6 is 0 Å². The Morgan fingerprint density at radius 1 is 1.08 bits per heavy atom. The highest BCUT2D eigenvalue weighted by Crippen LogP contribution is 2.49. The normalized spacial score (nSPS) is 35.0. The van der Waals surface area contributed by atoms with Gasteiger partial charge in [0.1, 0.15) is 11.3 Å². The van der Waals surface area contributed by atoms with Crippen molar-refractivity contribution in [1.29, 1.82) is 0 Å². The van der Waals surface area contributed by atoms with Crippen molar-refractivity contribution < 1.29 is 14.4 Å². The predicted octanol–water partition coefficient (Wildman–Crippen LogP) is 3.92. The molecule has 1 atom stereocenters. The maximum absolute atomic E-state index is 12.5. The second-order valence-corrected chi connectivity index (χ2v) is 9.77. The van der Waals surface area contributed by atoms with Gasteiger partial charge in [0, 0.05) is 23.9 Å². The summed E-state index contributed by atoms with van der Waals surface area (Å²) in [6.07, 6.45) is 8.61. The van der Waals surface area contributed by atoms with Crippen LogP contribution in [0.1, 0.15) is 92.9 Å². The molecule has 5 nitrogen and oxygen atoms in total. The van der Waals surface area contributed by atoms with Gasteiger partial charge in [0.2, 0.25) is 0 Å². The fourth-order valence-corrected chi connectivity index (χ4v) is 5.26. The smallest absolute Gasteiger partial charge is 0.254 e. The molecule has 0 aromatic heterocycles. The average molecular weight is 353 g/mol. The summed E-state index contributed by atoms with van der Waals surface area (Å²) in [6, 6.07) is 0. The molecule has 0 bridgehead atoms. The quantitative estimate of drug-likeness (QED) is 0.836. The zero-order chi connectivity index (χ0) is 18.5. The molecule has 1 N–H and O–H groups in total. The third-order valence-corrected chi connectivity index (χ3v) is 6.26. The minimum absolute atomic E-state index is 0.0169. The Morgan fingerprint density at radius 2 is 1.64 bits per heavy atom. The number of ether oxygens (including phenoxy) is 1. The number of amides is 1. The number of nitrogens with zero attached hydrogens (tertiary/aromatic N) is 1. The van der Waals surface area contributed by atoms with E-state index in [0.717, 1.165) is 25.7 Å². The number of nitrogens with one attached hydrogen (secondary N) is 1. The summed E-state index contributed by atoms with van der Waals surface area (Å²) in [7, 11) is 0. The molecule has 0 radical (unpaired) electrons. The van der Waals surface area contributed by atoms with Gasteiger partial charge in [-0.1, -0.05) is 26.2 Å². The van der Waals surface area contributed by atoms with Crippen molar-refractivity contribution in [2.45, 2.75) is 121 Å².